The Labute approximate surface area is 140 Å². The molecule has 2 aromatic rings. The fourth-order valence-corrected chi connectivity index (χ4v) is 2.88. The molecule has 1 aromatic heterocycles. The maximum atomic E-state index is 12.4. The van der Waals surface area contributed by atoms with E-state index in [4.69, 9.17) is 10.2 Å². The maximum Gasteiger partial charge on any atom is 0.259 e. The zero-order valence-electron chi connectivity index (χ0n) is 13.8. The number of hydrogen-bond donors (Lipinski definition) is 3. The van der Waals surface area contributed by atoms with Gasteiger partial charge < -0.3 is 20.8 Å². The number of aryl methyl sites for hydroxylation is 2. The summed E-state index contributed by atoms with van der Waals surface area (Å²) in [6.07, 6.45) is 1.57. The van der Waals surface area contributed by atoms with Crippen LogP contribution in [0.3, 0.4) is 0 Å². The number of carbonyl (C=O) groups is 2. The molecule has 0 aliphatic heterocycles. The van der Waals surface area contributed by atoms with Gasteiger partial charge in [-0.2, -0.15) is 0 Å². The zero-order chi connectivity index (χ0) is 17.3. The van der Waals surface area contributed by atoms with Crippen molar-refractivity contribution < 1.29 is 14.0 Å². The lowest BCUT2D eigenvalue weighted by molar-refractivity contribution is 0.0911. The highest BCUT2D eigenvalue weighted by Crippen LogP contribution is 2.22. The minimum absolute atomic E-state index is 0.107. The van der Waals surface area contributed by atoms with Gasteiger partial charge in [0.25, 0.3) is 11.8 Å². The molecule has 2 amide bonds. The first-order chi connectivity index (χ1) is 11.4. The van der Waals surface area contributed by atoms with Crippen LogP contribution in [0.1, 0.15) is 45.1 Å². The van der Waals surface area contributed by atoms with E-state index in [9.17, 15) is 9.59 Å². The molecular weight excluding hydrogens is 306 g/mol. The topological polar surface area (TPSA) is 97.4 Å². The molecule has 0 atom stereocenters. The third-order valence-electron chi connectivity index (χ3n) is 4.22. The molecule has 1 aromatic carbocycles. The zero-order valence-corrected chi connectivity index (χ0v) is 13.8. The van der Waals surface area contributed by atoms with E-state index < -0.39 is 0 Å². The number of carbonyl (C=O) groups excluding carboxylic acids is 2. The van der Waals surface area contributed by atoms with Gasteiger partial charge in [-0.15, -0.1) is 0 Å². The first-order valence-electron chi connectivity index (χ1n) is 7.98. The summed E-state index contributed by atoms with van der Waals surface area (Å²) >= 11 is 0. The molecule has 3 rings (SSSR count). The maximum absolute atomic E-state index is 12.4. The first-order valence-corrected chi connectivity index (χ1v) is 7.98. The van der Waals surface area contributed by atoms with Crippen molar-refractivity contribution in [2.75, 3.05) is 5.32 Å². The van der Waals surface area contributed by atoms with E-state index in [1.165, 1.54) is 0 Å². The van der Waals surface area contributed by atoms with Crippen molar-refractivity contribution in [2.24, 2.45) is 5.73 Å². The molecular formula is C18H21N3O3. The fraction of sp³-hybridized carbons (Fsp3) is 0.333. The van der Waals surface area contributed by atoms with Crippen LogP contribution in [0, 0.1) is 13.8 Å². The van der Waals surface area contributed by atoms with Gasteiger partial charge in [0.2, 0.25) is 0 Å². The number of amides is 2. The Morgan fingerprint density at radius 2 is 1.83 bits per heavy atom. The number of nitrogens with one attached hydrogen (secondary N) is 2. The Kier molecular flexibility index (Phi) is 4.40. The molecule has 0 saturated heterocycles. The molecule has 6 nitrogen and oxygen atoms in total. The van der Waals surface area contributed by atoms with Crippen molar-refractivity contribution in [1.82, 2.24) is 5.32 Å². The van der Waals surface area contributed by atoms with Gasteiger partial charge in [-0.3, -0.25) is 9.59 Å². The predicted molar refractivity (Wildman–Crippen MR) is 91.0 cm³/mol. The number of anilines is 1. The van der Waals surface area contributed by atoms with E-state index in [0.717, 1.165) is 12.8 Å². The number of rotatable bonds is 4. The Morgan fingerprint density at radius 3 is 2.46 bits per heavy atom. The van der Waals surface area contributed by atoms with Crippen molar-refractivity contribution in [2.45, 2.75) is 38.8 Å². The van der Waals surface area contributed by atoms with Gasteiger partial charge in [0.15, 0.2) is 0 Å². The van der Waals surface area contributed by atoms with Gasteiger partial charge in [0.05, 0.1) is 16.8 Å². The summed E-state index contributed by atoms with van der Waals surface area (Å²) in [4.78, 5) is 24.9. The molecule has 0 radical (unpaired) electrons. The Hall–Kier alpha value is -2.60. The molecule has 24 heavy (non-hydrogen) atoms. The van der Waals surface area contributed by atoms with Crippen LogP contribution in [0.2, 0.25) is 0 Å². The third kappa shape index (κ3) is 3.33. The number of furan rings is 1. The van der Waals surface area contributed by atoms with Crippen molar-refractivity contribution in [3.63, 3.8) is 0 Å². The van der Waals surface area contributed by atoms with Crippen LogP contribution < -0.4 is 16.4 Å². The Bertz CT molecular complexity index is 776. The number of benzene rings is 1. The summed E-state index contributed by atoms with van der Waals surface area (Å²) in [5.74, 6) is 0.721. The largest absolute Gasteiger partial charge is 0.466 e. The van der Waals surface area contributed by atoms with Crippen molar-refractivity contribution in [3.05, 3.63) is 53.0 Å². The summed E-state index contributed by atoms with van der Waals surface area (Å²) in [5.41, 5.74) is 7.12. The van der Waals surface area contributed by atoms with E-state index in [1.54, 1.807) is 44.2 Å². The van der Waals surface area contributed by atoms with Gasteiger partial charge in [-0.1, -0.05) is 12.1 Å². The van der Waals surface area contributed by atoms with E-state index in [0.29, 0.717) is 28.3 Å². The normalized spacial score (nSPS) is 19.5. The predicted octanol–water partition coefficient (Wildman–Crippen LogP) is 2.37. The summed E-state index contributed by atoms with van der Waals surface area (Å²) in [7, 11) is 0. The second-order valence-electron chi connectivity index (χ2n) is 6.23. The molecule has 1 saturated carbocycles. The van der Waals surface area contributed by atoms with Crippen LogP contribution >= 0.6 is 0 Å². The molecule has 1 aliphatic carbocycles. The first kappa shape index (κ1) is 16.3. The fourth-order valence-electron chi connectivity index (χ4n) is 2.88. The highest BCUT2D eigenvalue weighted by Gasteiger charge is 2.28. The molecule has 0 unspecified atom stereocenters. The van der Waals surface area contributed by atoms with E-state index in [-0.39, 0.29) is 23.9 Å². The smallest absolute Gasteiger partial charge is 0.259 e. The van der Waals surface area contributed by atoms with Gasteiger partial charge in [-0.05, 0) is 44.9 Å². The van der Waals surface area contributed by atoms with Crippen LogP contribution in [-0.4, -0.2) is 23.9 Å². The average molecular weight is 327 g/mol. The quantitative estimate of drug-likeness (QED) is 0.803. The second kappa shape index (κ2) is 6.49. The standard InChI is InChI=1S/C18H21N3O3/c1-10-7-15(11(2)24-10)18(23)21-16-6-4-3-5-14(16)17(22)20-13-8-12(19)9-13/h3-7,12-13H,8-9,19H2,1-2H3,(H,20,22)(H,21,23). The van der Waals surface area contributed by atoms with Crippen LogP contribution in [0.5, 0.6) is 0 Å². The van der Waals surface area contributed by atoms with Crippen LogP contribution in [0.15, 0.2) is 34.7 Å². The van der Waals surface area contributed by atoms with E-state index >= 15 is 0 Å². The minimum Gasteiger partial charge on any atom is -0.466 e. The average Bonchev–Trinajstić information content (AvgIpc) is 2.85. The lowest BCUT2D eigenvalue weighted by atomic mass is 9.87. The van der Waals surface area contributed by atoms with Crippen molar-refractivity contribution >= 4 is 17.5 Å². The molecule has 1 fully saturated rings. The van der Waals surface area contributed by atoms with Crippen LogP contribution in [0.4, 0.5) is 5.69 Å². The lowest BCUT2D eigenvalue weighted by Gasteiger charge is -2.33. The summed E-state index contributed by atoms with van der Waals surface area (Å²) < 4.78 is 5.38. The van der Waals surface area contributed by atoms with Crippen LogP contribution in [-0.2, 0) is 0 Å². The Morgan fingerprint density at radius 1 is 1.12 bits per heavy atom. The monoisotopic (exact) mass is 327 g/mol. The molecule has 1 aliphatic rings. The molecule has 0 spiro atoms. The van der Waals surface area contributed by atoms with Gasteiger partial charge in [0.1, 0.15) is 11.5 Å². The molecule has 4 N–H and O–H groups in total. The van der Waals surface area contributed by atoms with Gasteiger partial charge >= 0.3 is 0 Å². The van der Waals surface area contributed by atoms with Crippen LogP contribution in [0.25, 0.3) is 0 Å². The van der Waals surface area contributed by atoms with Crippen molar-refractivity contribution in [1.29, 1.82) is 0 Å². The van der Waals surface area contributed by atoms with Gasteiger partial charge in [-0.25, -0.2) is 0 Å². The summed E-state index contributed by atoms with van der Waals surface area (Å²) in [5, 5.41) is 5.74. The summed E-state index contributed by atoms with van der Waals surface area (Å²) in [6.45, 7) is 3.52. The molecule has 0 bridgehead atoms. The van der Waals surface area contributed by atoms with Crippen molar-refractivity contribution in [3.8, 4) is 0 Å². The molecule has 1 heterocycles. The Balaban J connectivity index is 1.75. The third-order valence-corrected chi connectivity index (χ3v) is 4.22. The number of hydrogen-bond acceptors (Lipinski definition) is 4. The van der Waals surface area contributed by atoms with Gasteiger partial charge in [0, 0.05) is 12.1 Å². The molecule has 126 valence electrons. The van der Waals surface area contributed by atoms with E-state index in [1.807, 2.05) is 0 Å². The highest BCUT2D eigenvalue weighted by atomic mass is 16.3. The molecule has 6 heteroatoms. The highest BCUT2D eigenvalue weighted by molar-refractivity contribution is 6.09. The number of para-hydroxylation sites is 1. The SMILES string of the molecule is Cc1cc(C(=O)Nc2ccccc2C(=O)NC2CC(N)C2)c(C)o1. The van der Waals surface area contributed by atoms with E-state index in [2.05, 4.69) is 10.6 Å². The lowest BCUT2D eigenvalue weighted by Crippen LogP contribution is -2.50. The number of nitrogens with two attached hydrogens (primary N) is 1. The summed E-state index contributed by atoms with van der Waals surface area (Å²) in [6, 6.07) is 8.90. The minimum atomic E-state index is -0.296. The second-order valence-corrected chi connectivity index (χ2v) is 6.23.